The lowest BCUT2D eigenvalue weighted by molar-refractivity contribution is -0.407. The standard InChI is InChI=1S/C6H10O7.C3H9N/c7-1-2(8)3(9)4(10)5(11)6(12)13;1-3(2)4/h1-5,8-11H,(H,12,13);3H,4H2,1-2H3/t2-,3+,4-,5-;/m0./s1. The Morgan fingerprint density at radius 2 is 1.53 bits per heavy atom. The van der Waals surface area contributed by atoms with Crippen molar-refractivity contribution in [2.75, 3.05) is 0 Å². The Hall–Kier alpha value is -1.06. The summed E-state index contributed by atoms with van der Waals surface area (Å²) < 4.78 is 0. The van der Waals surface area contributed by atoms with Crippen molar-refractivity contribution in [3.05, 3.63) is 0 Å². The molecule has 0 aromatic rings. The molecular formula is C9H19NO7. The van der Waals surface area contributed by atoms with Gasteiger partial charge in [0, 0.05) is 0 Å². The number of aliphatic carboxylic acids is 1. The zero-order chi connectivity index (χ0) is 14.2. The molecule has 17 heavy (non-hydrogen) atoms. The van der Waals surface area contributed by atoms with Crippen molar-refractivity contribution in [2.45, 2.75) is 44.3 Å². The van der Waals surface area contributed by atoms with Crippen LogP contribution in [0.25, 0.3) is 0 Å². The first kappa shape index (κ1) is 18.3. The van der Waals surface area contributed by atoms with Gasteiger partial charge in [0.1, 0.15) is 24.4 Å². The van der Waals surface area contributed by atoms with Crippen LogP contribution in [0.5, 0.6) is 0 Å². The van der Waals surface area contributed by atoms with Crippen molar-refractivity contribution in [3.8, 4) is 0 Å². The number of aliphatic hydroxyl groups excluding tert-OH is 4. The average Bonchev–Trinajstić information content (AvgIpc) is 2.23. The van der Waals surface area contributed by atoms with E-state index in [4.69, 9.17) is 20.4 Å². The van der Waals surface area contributed by atoms with Crippen LogP contribution in [0.2, 0.25) is 0 Å². The Bertz CT molecular complexity index is 231. The van der Waals surface area contributed by atoms with Gasteiger partial charge in [-0.25, -0.2) is 0 Å². The number of hydrogen-bond acceptors (Lipinski definition) is 7. The van der Waals surface area contributed by atoms with Crippen molar-refractivity contribution >= 4 is 12.3 Å². The van der Waals surface area contributed by atoms with Gasteiger partial charge >= 0.3 is 0 Å². The molecule has 8 nitrogen and oxygen atoms in total. The number of rotatable bonds is 5. The fraction of sp³-hybridized carbons (Fsp3) is 0.778. The number of hydrogen-bond donors (Lipinski definition) is 5. The number of quaternary nitrogens is 1. The van der Waals surface area contributed by atoms with Gasteiger partial charge in [-0.1, -0.05) is 0 Å². The summed E-state index contributed by atoms with van der Waals surface area (Å²) in [5.74, 6) is -2.01. The average molecular weight is 253 g/mol. The number of aliphatic hydroxyl groups is 4. The van der Waals surface area contributed by atoms with Gasteiger partial charge in [0.2, 0.25) is 0 Å². The highest BCUT2D eigenvalue weighted by molar-refractivity contribution is 5.70. The lowest BCUT2D eigenvalue weighted by atomic mass is 10.0. The van der Waals surface area contributed by atoms with Gasteiger partial charge in [0.25, 0.3) is 0 Å². The summed E-state index contributed by atoms with van der Waals surface area (Å²) in [6.07, 6.45) is -8.65. The van der Waals surface area contributed by atoms with E-state index in [-0.39, 0.29) is 6.29 Å². The predicted octanol–water partition coefficient (Wildman–Crippen LogP) is -4.98. The molecule has 0 heterocycles. The van der Waals surface area contributed by atoms with E-state index in [2.05, 4.69) is 19.6 Å². The number of carboxylic acid groups (broad SMARTS) is 1. The van der Waals surface area contributed by atoms with Crippen LogP contribution < -0.4 is 10.8 Å². The third-order valence-corrected chi connectivity index (χ3v) is 1.40. The zero-order valence-electron chi connectivity index (χ0n) is 9.68. The topological polar surface area (TPSA) is 166 Å². The molecule has 0 bridgehead atoms. The molecule has 4 atom stereocenters. The van der Waals surface area contributed by atoms with Crippen molar-refractivity contribution in [2.24, 2.45) is 0 Å². The molecular weight excluding hydrogens is 234 g/mol. The summed E-state index contributed by atoms with van der Waals surface area (Å²) in [5, 5.41) is 44.8. The molecule has 102 valence electrons. The first-order valence-electron chi connectivity index (χ1n) is 4.86. The van der Waals surface area contributed by atoms with Crippen LogP contribution in [-0.4, -0.2) is 63.1 Å². The zero-order valence-corrected chi connectivity index (χ0v) is 9.68. The van der Waals surface area contributed by atoms with Crippen LogP contribution in [0.1, 0.15) is 13.8 Å². The van der Waals surface area contributed by atoms with E-state index in [1.165, 1.54) is 0 Å². The van der Waals surface area contributed by atoms with E-state index in [9.17, 15) is 14.7 Å². The van der Waals surface area contributed by atoms with Crippen LogP contribution in [0.3, 0.4) is 0 Å². The quantitative estimate of drug-likeness (QED) is 0.306. The highest BCUT2D eigenvalue weighted by atomic mass is 16.4. The molecule has 7 N–H and O–H groups in total. The molecule has 0 aromatic carbocycles. The van der Waals surface area contributed by atoms with Crippen molar-refractivity contribution < 1.29 is 40.9 Å². The van der Waals surface area contributed by atoms with E-state index in [1.807, 2.05) is 0 Å². The highest BCUT2D eigenvalue weighted by Gasteiger charge is 2.30. The Labute approximate surface area is 98.3 Å². The lowest BCUT2D eigenvalue weighted by Crippen LogP contribution is -2.57. The summed E-state index contributed by atoms with van der Waals surface area (Å²) >= 11 is 0. The van der Waals surface area contributed by atoms with Gasteiger partial charge in [0.15, 0.2) is 6.29 Å². The molecule has 8 heteroatoms. The molecule has 0 aliphatic rings. The first-order valence-corrected chi connectivity index (χ1v) is 4.86. The number of carbonyl (C=O) groups excluding carboxylic acids is 2. The number of carbonyl (C=O) groups is 2. The highest BCUT2D eigenvalue weighted by Crippen LogP contribution is 2.03. The molecule has 0 saturated heterocycles. The van der Waals surface area contributed by atoms with E-state index in [0.717, 1.165) is 0 Å². The van der Waals surface area contributed by atoms with Crippen LogP contribution in [-0.2, 0) is 9.59 Å². The lowest BCUT2D eigenvalue weighted by Gasteiger charge is -2.24. The molecule has 0 aliphatic carbocycles. The van der Waals surface area contributed by atoms with Crippen LogP contribution in [0.4, 0.5) is 0 Å². The van der Waals surface area contributed by atoms with Gasteiger partial charge in [-0.2, -0.15) is 0 Å². The molecule has 0 saturated carbocycles. The Kier molecular flexibility index (Phi) is 9.72. The number of carboxylic acids is 1. The fourth-order valence-electron chi connectivity index (χ4n) is 0.609. The van der Waals surface area contributed by atoms with Crippen molar-refractivity contribution in [1.82, 2.24) is 0 Å². The normalized spacial score (nSPS) is 17.4. The largest absolute Gasteiger partial charge is 0.547 e. The Morgan fingerprint density at radius 1 is 1.18 bits per heavy atom. The third-order valence-electron chi connectivity index (χ3n) is 1.40. The summed E-state index contributed by atoms with van der Waals surface area (Å²) in [6, 6.07) is 0.583. The smallest absolute Gasteiger partial charge is 0.151 e. The van der Waals surface area contributed by atoms with Gasteiger partial charge < -0.3 is 40.9 Å². The second-order valence-electron chi connectivity index (χ2n) is 3.77. The third kappa shape index (κ3) is 8.72. The van der Waals surface area contributed by atoms with E-state index < -0.39 is 30.4 Å². The van der Waals surface area contributed by atoms with Gasteiger partial charge in [-0.3, -0.25) is 0 Å². The van der Waals surface area contributed by atoms with Crippen molar-refractivity contribution in [3.63, 3.8) is 0 Å². The minimum Gasteiger partial charge on any atom is -0.547 e. The molecule has 0 rings (SSSR count). The summed E-state index contributed by atoms with van der Waals surface area (Å²) in [7, 11) is 0. The van der Waals surface area contributed by atoms with Crippen LogP contribution >= 0.6 is 0 Å². The first-order chi connectivity index (χ1) is 7.64. The van der Waals surface area contributed by atoms with E-state index in [0.29, 0.717) is 6.04 Å². The second kappa shape index (κ2) is 9.02. The maximum atomic E-state index is 9.95. The monoisotopic (exact) mass is 253 g/mol. The fourth-order valence-corrected chi connectivity index (χ4v) is 0.609. The molecule has 0 aliphatic heterocycles. The number of aldehydes is 1. The van der Waals surface area contributed by atoms with Gasteiger partial charge in [-0.05, 0) is 13.8 Å². The summed E-state index contributed by atoms with van der Waals surface area (Å²) in [5.41, 5.74) is 3.64. The van der Waals surface area contributed by atoms with E-state index in [1.54, 1.807) is 0 Å². The second-order valence-corrected chi connectivity index (χ2v) is 3.77. The molecule has 0 fully saturated rings. The Balaban J connectivity index is 0. The molecule has 0 unspecified atom stereocenters. The van der Waals surface area contributed by atoms with Crippen molar-refractivity contribution in [1.29, 1.82) is 0 Å². The van der Waals surface area contributed by atoms with Gasteiger partial charge in [-0.15, -0.1) is 0 Å². The molecule has 0 radical (unpaired) electrons. The van der Waals surface area contributed by atoms with E-state index >= 15 is 0 Å². The predicted molar refractivity (Wildman–Crippen MR) is 53.1 cm³/mol. The maximum absolute atomic E-state index is 9.95. The minimum absolute atomic E-state index is 0.101. The molecule has 0 aromatic heterocycles. The van der Waals surface area contributed by atoms with Crippen LogP contribution in [0.15, 0.2) is 0 Å². The van der Waals surface area contributed by atoms with Crippen LogP contribution in [0, 0.1) is 0 Å². The molecule has 0 spiro atoms. The summed E-state index contributed by atoms with van der Waals surface area (Å²) in [6.45, 7) is 4.11. The minimum atomic E-state index is -2.36. The van der Waals surface area contributed by atoms with Gasteiger partial charge in [0.05, 0.1) is 12.0 Å². The SMILES string of the molecule is CC(C)[NH3+].O=C[C@H](O)[C@@H](O)[C@H](O)[C@H](O)C(=O)[O-]. The summed E-state index contributed by atoms with van der Waals surface area (Å²) in [4.78, 5) is 19.8. The maximum Gasteiger partial charge on any atom is 0.151 e. The molecule has 0 amide bonds. The Morgan fingerprint density at radius 3 is 1.76 bits per heavy atom.